The van der Waals surface area contributed by atoms with Gasteiger partial charge in [-0.05, 0) is 52.0 Å². The van der Waals surface area contributed by atoms with Gasteiger partial charge in [0.1, 0.15) is 0 Å². The Morgan fingerprint density at radius 2 is 1.88 bits per heavy atom. The Morgan fingerprint density at radius 3 is 2.32 bits per heavy atom. The summed E-state index contributed by atoms with van der Waals surface area (Å²) < 4.78 is 0. The Bertz CT molecular complexity index is 564. The van der Waals surface area contributed by atoms with Crippen molar-refractivity contribution in [1.82, 2.24) is 10.2 Å². The van der Waals surface area contributed by atoms with Gasteiger partial charge in [-0.15, -0.1) is 0 Å². The molecule has 1 aromatic carbocycles. The van der Waals surface area contributed by atoms with Crippen LogP contribution in [0.25, 0.3) is 0 Å². The molecule has 5 heteroatoms. The molecule has 2 rings (SSSR count). The number of carboxylic acid groups (broad SMARTS) is 1. The van der Waals surface area contributed by atoms with E-state index in [2.05, 4.69) is 12.2 Å². The molecule has 0 aromatic heterocycles. The first-order chi connectivity index (χ1) is 11.7. The van der Waals surface area contributed by atoms with Crippen molar-refractivity contribution < 1.29 is 15.0 Å². The van der Waals surface area contributed by atoms with Crippen LogP contribution < -0.4 is 5.32 Å². The molecule has 1 aromatic rings. The molecule has 1 aliphatic rings. The fraction of sp³-hybridized carbons (Fsp3) is 0.650. The van der Waals surface area contributed by atoms with Gasteiger partial charge in [0.2, 0.25) is 0 Å². The molecular formula is C20H32N2O3. The lowest BCUT2D eigenvalue weighted by atomic mass is 9.94. The standard InChI is InChI=1S/C20H32N2O3/c1-5-20(11-12-20)21-14-17(23)16(13-15-9-7-6-8-10-15)22(18(24)25)19(2,3)4/h6-10,16-17,21,23H,5,11-14H2,1-4H3,(H,24,25)/t16-,17+/m0/s1. The monoisotopic (exact) mass is 348 g/mol. The Hall–Kier alpha value is -1.59. The van der Waals surface area contributed by atoms with Crippen molar-refractivity contribution in [3.8, 4) is 0 Å². The predicted molar refractivity (Wildman–Crippen MR) is 99.8 cm³/mol. The van der Waals surface area contributed by atoms with Crippen LogP contribution in [0.15, 0.2) is 30.3 Å². The average molecular weight is 348 g/mol. The quantitative estimate of drug-likeness (QED) is 0.674. The highest BCUT2D eigenvalue weighted by Crippen LogP contribution is 2.38. The van der Waals surface area contributed by atoms with Crippen molar-refractivity contribution in [3.05, 3.63) is 35.9 Å². The SMILES string of the molecule is CCC1(NC[C@@H](O)[C@H](Cc2ccccc2)N(C(=O)O)C(C)(C)C)CC1. The number of nitrogens with one attached hydrogen (secondary N) is 1. The molecule has 3 N–H and O–H groups in total. The van der Waals surface area contributed by atoms with E-state index in [0.29, 0.717) is 13.0 Å². The lowest BCUT2D eigenvalue weighted by molar-refractivity contribution is 0.00650. The van der Waals surface area contributed by atoms with Crippen LogP contribution in [0.2, 0.25) is 0 Å². The third-order valence-corrected chi connectivity index (χ3v) is 5.21. The number of β-amino-alcohol motifs (C(OH)–C–C–N with tert-alkyl or cyclic N) is 1. The molecule has 0 heterocycles. The number of hydrogen-bond donors (Lipinski definition) is 3. The smallest absolute Gasteiger partial charge is 0.408 e. The predicted octanol–water partition coefficient (Wildman–Crippen LogP) is 3.27. The zero-order chi connectivity index (χ0) is 18.7. The molecule has 1 aliphatic carbocycles. The molecule has 1 saturated carbocycles. The maximum Gasteiger partial charge on any atom is 0.408 e. The third-order valence-electron chi connectivity index (χ3n) is 5.21. The molecule has 25 heavy (non-hydrogen) atoms. The summed E-state index contributed by atoms with van der Waals surface area (Å²) in [5.74, 6) is 0. The first-order valence-electron chi connectivity index (χ1n) is 9.18. The lowest BCUT2D eigenvalue weighted by Crippen LogP contribution is -2.58. The summed E-state index contributed by atoms with van der Waals surface area (Å²) in [6, 6.07) is 9.27. The summed E-state index contributed by atoms with van der Waals surface area (Å²) in [6.45, 7) is 8.16. The Balaban J connectivity index is 2.19. The van der Waals surface area contributed by atoms with Crippen LogP contribution in [0.5, 0.6) is 0 Å². The van der Waals surface area contributed by atoms with E-state index in [1.807, 2.05) is 51.1 Å². The van der Waals surface area contributed by atoms with Gasteiger partial charge in [0, 0.05) is 17.6 Å². The van der Waals surface area contributed by atoms with Gasteiger partial charge in [0.05, 0.1) is 12.1 Å². The van der Waals surface area contributed by atoms with Gasteiger partial charge in [0.15, 0.2) is 0 Å². The molecule has 5 nitrogen and oxygen atoms in total. The van der Waals surface area contributed by atoms with E-state index < -0.39 is 23.8 Å². The largest absolute Gasteiger partial charge is 0.465 e. The van der Waals surface area contributed by atoms with Gasteiger partial charge in [-0.3, -0.25) is 4.90 Å². The molecular weight excluding hydrogens is 316 g/mol. The molecule has 0 aliphatic heterocycles. The van der Waals surface area contributed by atoms with E-state index in [1.54, 1.807) is 0 Å². The van der Waals surface area contributed by atoms with E-state index in [1.165, 1.54) is 4.90 Å². The highest BCUT2D eigenvalue weighted by atomic mass is 16.4. The number of rotatable bonds is 8. The molecule has 140 valence electrons. The van der Waals surface area contributed by atoms with Crippen molar-refractivity contribution >= 4 is 6.09 Å². The van der Waals surface area contributed by atoms with E-state index in [9.17, 15) is 15.0 Å². The van der Waals surface area contributed by atoms with Crippen molar-refractivity contribution in [2.45, 2.75) is 76.6 Å². The van der Waals surface area contributed by atoms with E-state index >= 15 is 0 Å². The molecule has 1 amide bonds. The molecule has 0 unspecified atom stereocenters. The van der Waals surface area contributed by atoms with E-state index in [4.69, 9.17) is 0 Å². The number of nitrogens with zero attached hydrogens (tertiary/aromatic N) is 1. The molecule has 0 saturated heterocycles. The minimum absolute atomic E-state index is 0.147. The second-order valence-corrected chi connectivity index (χ2v) is 8.16. The van der Waals surface area contributed by atoms with Crippen molar-refractivity contribution in [2.75, 3.05) is 6.54 Å². The van der Waals surface area contributed by atoms with Crippen LogP contribution in [0.1, 0.15) is 52.5 Å². The second-order valence-electron chi connectivity index (χ2n) is 8.16. The number of benzene rings is 1. The van der Waals surface area contributed by atoms with Crippen LogP contribution in [-0.2, 0) is 6.42 Å². The summed E-state index contributed by atoms with van der Waals surface area (Å²) in [6.07, 6.45) is 2.02. The molecule has 0 spiro atoms. The molecule has 1 fully saturated rings. The second kappa shape index (κ2) is 7.75. The van der Waals surface area contributed by atoms with Gasteiger partial charge in [-0.25, -0.2) is 4.79 Å². The highest BCUT2D eigenvalue weighted by molar-refractivity contribution is 5.66. The number of amides is 1. The Morgan fingerprint density at radius 1 is 1.28 bits per heavy atom. The first kappa shape index (κ1) is 19.7. The minimum atomic E-state index is -0.996. The summed E-state index contributed by atoms with van der Waals surface area (Å²) in [5, 5.41) is 24.1. The van der Waals surface area contributed by atoms with Gasteiger partial charge < -0.3 is 15.5 Å². The summed E-state index contributed by atoms with van der Waals surface area (Å²) in [7, 11) is 0. The first-order valence-corrected chi connectivity index (χ1v) is 9.18. The molecule has 0 bridgehead atoms. The normalized spacial score (nSPS) is 18.4. The third kappa shape index (κ3) is 5.19. The fourth-order valence-corrected chi connectivity index (χ4v) is 3.44. The molecule has 0 radical (unpaired) electrons. The van der Waals surface area contributed by atoms with E-state index in [-0.39, 0.29) is 5.54 Å². The summed E-state index contributed by atoms with van der Waals surface area (Å²) in [4.78, 5) is 13.3. The summed E-state index contributed by atoms with van der Waals surface area (Å²) >= 11 is 0. The number of aliphatic hydroxyl groups excluding tert-OH is 1. The van der Waals surface area contributed by atoms with Crippen LogP contribution in [0.3, 0.4) is 0 Å². The number of hydrogen-bond acceptors (Lipinski definition) is 3. The van der Waals surface area contributed by atoms with Gasteiger partial charge in [-0.2, -0.15) is 0 Å². The molecule has 2 atom stereocenters. The minimum Gasteiger partial charge on any atom is -0.465 e. The average Bonchev–Trinajstić information content (AvgIpc) is 3.32. The fourth-order valence-electron chi connectivity index (χ4n) is 3.44. The number of aliphatic hydroxyl groups is 1. The Kier molecular flexibility index (Phi) is 6.12. The maximum absolute atomic E-state index is 11.9. The number of carbonyl (C=O) groups is 1. The highest BCUT2D eigenvalue weighted by Gasteiger charge is 2.42. The summed E-state index contributed by atoms with van der Waals surface area (Å²) in [5.41, 5.74) is 0.584. The topological polar surface area (TPSA) is 72.8 Å². The Labute approximate surface area is 151 Å². The van der Waals surface area contributed by atoms with Crippen LogP contribution in [0.4, 0.5) is 4.79 Å². The van der Waals surface area contributed by atoms with Gasteiger partial charge in [-0.1, -0.05) is 37.3 Å². The zero-order valence-corrected chi connectivity index (χ0v) is 15.8. The zero-order valence-electron chi connectivity index (χ0n) is 15.8. The van der Waals surface area contributed by atoms with Crippen molar-refractivity contribution in [3.63, 3.8) is 0 Å². The maximum atomic E-state index is 11.9. The van der Waals surface area contributed by atoms with Crippen molar-refractivity contribution in [1.29, 1.82) is 0 Å². The van der Waals surface area contributed by atoms with Gasteiger partial charge >= 0.3 is 6.09 Å². The van der Waals surface area contributed by atoms with Crippen LogP contribution in [-0.4, -0.2) is 51.0 Å². The van der Waals surface area contributed by atoms with Crippen LogP contribution in [0, 0.1) is 0 Å². The van der Waals surface area contributed by atoms with Crippen molar-refractivity contribution in [2.24, 2.45) is 0 Å². The van der Waals surface area contributed by atoms with Crippen LogP contribution >= 0.6 is 0 Å². The van der Waals surface area contributed by atoms with Gasteiger partial charge in [0.25, 0.3) is 0 Å². The lowest BCUT2D eigenvalue weighted by Gasteiger charge is -2.42. The van der Waals surface area contributed by atoms with E-state index in [0.717, 1.165) is 24.8 Å².